The Morgan fingerprint density at radius 1 is 1.17 bits per heavy atom. The van der Waals surface area contributed by atoms with Gasteiger partial charge in [-0.25, -0.2) is 8.42 Å². The first-order valence-corrected chi connectivity index (χ1v) is 11.6. The van der Waals surface area contributed by atoms with E-state index in [0.29, 0.717) is 34.2 Å². The van der Waals surface area contributed by atoms with Crippen LogP contribution in [-0.4, -0.2) is 58.6 Å². The number of halogens is 1. The fourth-order valence-electron chi connectivity index (χ4n) is 3.46. The monoisotopic (exact) mass is 447 g/mol. The van der Waals surface area contributed by atoms with Crippen LogP contribution in [0.15, 0.2) is 46.7 Å². The average Bonchev–Trinajstić information content (AvgIpc) is 3.04. The van der Waals surface area contributed by atoms with E-state index in [1.165, 1.54) is 12.1 Å². The van der Waals surface area contributed by atoms with Gasteiger partial charge in [0, 0.05) is 48.8 Å². The van der Waals surface area contributed by atoms with Crippen LogP contribution in [0.4, 0.5) is 5.69 Å². The van der Waals surface area contributed by atoms with Crippen LogP contribution in [0.1, 0.15) is 15.9 Å². The third kappa shape index (κ3) is 4.67. The molecule has 2 heterocycles. The molecule has 2 aromatic rings. The van der Waals surface area contributed by atoms with Crippen LogP contribution in [0.5, 0.6) is 5.75 Å². The van der Waals surface area contributed by atoms with Gasteiger partial charge >= 0.3 is 0 Å². The van der Waals surface area contributed by atoms with Crippen molar-refractivity contribution < 1.29 is 17.9 Å². The molecule has 2 aliphatic rings. The number of carbonyl (C=O) groups excluding carboxylic acids is 1. The van der Waals surface area contributed by atoms with Crippen molar-refractivity contribution in [1.82, 2.24) is 10.2 Å². The van der Waals surface area contributed by atoms with E-state index in [4.69, 9.17) is 16.3 Å². The second-order valence-corrected chi connectivity index (χ2v) is 9.37. The van der Waals surface area contributed by atoms with Gasteiger partial charge in [0.05, 0.1) is 10.5 Å². The van der Waals surface area contributed by atoms with Gasteiger partial charge < -0.3 is 15.4 Å². The van der Waals surface area contributed by atoms with Crippen molar-refractivity contribution in [2.75, 3.05) is 44.6 Å². The lowest BCUT2D eigenvalue weighted by molar-refractivity contribution is 0.102. The number of nitrogens with zero attached hydrogens (tertiary/aromatic N) is 1. The molecule has 0 aromatic heterocycles. The molecule has 0 atom stereocenters. The molecule has 2 aromatic carbocycles. The molecule has 2 aliphatic heterocycles. The summed E-state index contributed by atoms with van der Waals surface area (Å²) >= 11 is 6.10. The number of hydrogen-bond acceptors (Lipinski definition) is 6. The number of sulfone groups is 1. The summed E-state index contributed by atoms with van der Waals surface area (Å²) in [7, 11) is -3.45. The van der Waals surface area contributed by atoms with Crippen molar-refractivity contribution in [3.8, 4) is 5.75 Å². The highest BCUT2D eigenvalue weighted by molar-refractivity contribution is 7.94. The molecule has 7 nitrogen and oxygen atoms in total. The molecule has 0 spiro atoms. The molecular weight excluding hydrogens is 426 g/mol. The Hall–Kier alpha value is -2.39. The number of nitrogens with one attached hydrogen (secondary N) is 2. The lowest BCUT2D eigenvalue weighted by Crippen LogP contribution is -2.44. The molecule has 0 radical (unpaired) electrons. The lowest BCUT2D eigenvalue weighted by atomic mass is 10.1. The van der Waals surface area contributed by atoms with Gasteiger partial charge in [0.25, 0.3) is 5.91 Å². The molecule has 4 rings (SSSR count). The molecule has 2 N–H and O–H groups in total. The Bertz CT molecular complexity index is 1100. The fraction of sp³-hybridized carbons (Fsp3) is 0.286. The van der Waals surface area contributed by atoms with Crippen LogP contribution in [0, 0.1) is 0 Å². The topological polar surface area (TPSA) is 87.7 Å². The molecule has 158 valence electrons. The Kier molecular flexibility index (Phi) is 6.10. The van der Waals surface area contributed by atoms with E-state index in [-0.39, 0.29) is 4.90 Å². The summed E-state index contributed by atoms with van der Waals surface area (Å²) < 4.78 is 30.0. The molecular formula is C21H22ClN3O4S. The highest BCUT2D eigenvalue weighted by Gasteiger charge is 2.22. The number of rotatable bonds is 6. The number of fused-ring (bicyclic) bond motifs is 1. The highest BCUT2D eigenvalue weighted by Crippen LogP contribution is 2.30. The van der Waals surface area contributed by atoms with Gasteiger partial charge in [-0.05, 0) is 42.0 Å². The van der Waals surface area contributed by atoms with E-state index in [2.05, 4.69) is 15.5 Å². The second-order valence-electron chi connectivity index (χ2n) is 7.14. The third-order valence-corrected chi connectivity index (χ3v) is 6.76. The summed E-state index contributed by atoms with van der Waals surface area (Å²) in [5, 5.41) is 7.62. The summed E-state index contributed by atoms with van der Waals surface area (Å²) in [6.07, 6.45) is 1.54. The zero-order valence-corrected chi connectivity index (χ0v) is 17.8. The van der Waals surface area contributed by atoms with Crippen molar-refractivity contribution in [3.63, 3.8) is 0 Å². The molecule has 0 saturated carbocycles. The molecule has 30 heavy (non-hydrogen) atoms. The fourth-order valence-corrected chi connectivity index (χ4v) is 4.86. The van der Waals surface area contributed by atoms with Crippen molar-refractivity contribution in [3.05, 3.63) is 58.0 Å². The average molecular weight is 448 g/mol. The molecule has 0 bridgehead atoms. The molecule has 0 aliphatic carbocycles. The lowest BCUT2D eigenvalue weighted by Gasteiger charge is -2.27. The predicted molar refractivity (Wildman–Crippen MR) is 117 cm³/mol. The van der Waals surface area contributed by atoms with E-state index >= 15 is 0 Å². The van der Waals surface area contributed by atoms with Crippen LogP contribution in [0.3, 0.4) is 0 Å². The van der Waals surface area contributed by atoms with Crippen LogP contribution < -0.4 is 15.4 Å². The predicted octanol–water partition coefficient (Wildman–Crippen LogP) is 2.63. The van der Waals surface area contributed by atoms with Gasteiger partial charge in [-0.1, -0.05) is 17.7 Å². The summed E-state index contributed by atoms with van der Waals surface area (Å²) in [6, 6.07) is 9.67. The summed E-state index contributed by atoms with van der Waals surface area (Å²) in [5.74, 6) is 0.0143. The first-order valence-electron chi connectivity index (χ1n) is 9.66. The van der Waals surface area contributed by atoms with Crippen molar-refractivity contribution >= 4 is 39.1 Å². The van der Waals surface area contributed by atoms with Gasteiger partial charge in [-0.2, -0.15) is 0 Å². The van der Waals surface area contributed by atoms with Crippen molar-refractivity contribution in [2.45, 2.75) is 4.90 Å². The quantitative estimate of drug-likeness (QED) is 0.707. The Balaban J connectivity index is 1.46. The van der Waals surface area contributed by atoms with Gasteiger partial charge in [-0.3, -0.25) is 9.69 Å². The number of carbonyl (C=O) groups is 1. The van der Waals surface area contributed by atoms with E-state index in [9.17, 15) is 13.2 Å². The number of ether oxygens (including phenoxy) is 1. The largest absolute Gasteiger partial charge is 0.491 e. The maximum absolute atomic E-state index is 12.9. The van der Waals surface area contributed by atoms with E-state index in [0.717, 1.165) is 38.1 Å². The molecule has 9 heteroatoms. The number of hydrogen-bond donors (Lipinski definition) is 2. The molecule has 1 saturated heterocycles. The SMILES string of the molecule is O=C(Nc1ccc2c(c1)S(=O)(=O)C=C2)c1cc(Cl)ccc1OCCN1CCNCC1. The zero-order valence-electron chi connectivity index (χ0n) is 16.2. The number of benzene rings is 2. The minimum Gasteiger partial charge on any atom is -0.491 e. The first-order chi connectivity index (χ1) is 14.4. The number of anilines is 1. The molecule has 1 amide bonds. The molecule has 0 unspecified atom stereocenters. The van der Waals surface area contributed by atoms with E-state index in [1.807, 2.05) is 0 Å². The maximum Gasteiger partial charge on any atom is 0.259 e. The Morgan fingerprint density at radius 2 is 1.97 bits per heavy atom. The minimum absolute atomic E-state index is 0.180. The van der Waals surface area contributed by atoms with Crippen LogP contribution in [0.25, 0.3) is 6.08 Å². The van der Waals surface area contributed by atoms with Crippen LogP contribution >= 0.6 is 11.6 Å². The Morgan fingerprint density at radius 3 is 2.77 bits per heavy atom. The van der Waals surface area contributed by atoms with Crippen molar-refractivity contribution in [2.24, 2.45) is 0 Å². The zero-order chi connectivity index (χ0) is 21.1. The number of amides is 1. The van der Waals surface area contributed by atoms with E-state index in [1.54, 1.807) is 30.3 Å². The van der Waals surface area contributed by atoms with Crippen LogP contribution in [0.2, 0.25) is 5.02 Å². The highest BCUT2D eigenvalue weighted by atomic mass is 35.5. The third-order valence-electron chi connectivity index (χ3n) is 5.07. The van der Waals surface area contributed by atoms with Gasteiger partial charge in [0.2, 0.25) is 9.84 Å². The first kappa shape index (κ1) is 20.9. The number of piperazine rings is 1. The summed E-state index contributed by atoms with van der Waals surface area (Å²) in [5.41, 5.74) is 1.29. The molecule has 1 fully saturated rings. The standard InChI is InChI=1S/C21H22ClN3O4S/c22-16-2-4-19(29-11-10-25-8-6-23-7-9-25)18(13-16)21(26)24-17-3-1-15-5-12-30(27,28)20(15)14-17/h1-5,12-14,23H,6-11H2,(H,24,26). The van der Waals surface area contributed by atoms with Gasteiger partial charge in [0.15, 0.2) is 0 Å². The summed E-state index contributed by atoms with van der Waals surface area (Å²) in [4.78, 5) is 15.4. The summed E-state index contributed by atoms with van der Waals surface area (Å²) in [6.45, 7) is 5.06. The van der Waals surface area contributed by atoms with E-state index < -0.39 is 15.7 Å². The van der Waals surface area contributed by atoms with Crippen LogP contribution in [-0.2, 0) is 9.84 Å². The Labute approximate surface area is 180 Å². The minimum atomic E-state index is -3.45. The second kappa shape index (κ2) is 8.77. The van der Waals surface area contributed by atoms with Crippen molar-refractivity contribution in [1.29, 1.82) is 0 Å². The smallest absolute Gasteiger partial charge is 0.259 e. The normalized spacial score (nSPS) is 17.5. The van der Waals surface area contributed by atoms with Gasteiger partial charge in [0.1, 0.15) is 12.4 Å². The maximum atomic E-state index is 12.9. The van der Waals surface area contributed by atoms with Gasteiger partial charge in [-0.15, -0.1) is 0 Å².